The van der Waals surface area contributed by atoms with Crippen molar-refractivity contribution in [2.24, 2.45) is 0 Å². The normalized spacial score (nSPS) is 15.0. The summed E-state index contributed by atoms with van der Waals surface area (Å²) in [6.07, 6.45) is 0. The van der Waals surface area contributed by atoms with Gasteiger partial charge in [0.1, 0.15) is 66.1 Å². The molecule has 27 heteroatoms. The average Bonchev–Trinajstić information content (AvgIpc) is 3.56. The Kier molecular flexibility index (Phi) is 24.1. The van der Waals surface area contributed by atoms with Crippen molar-refractivity contribution in [2.45, 2.75) is 29.6 Å². The molecule has 14 nitrogen and oxygen atoms in total. The Hall–Kier alpha value is -2.83. The van der Waals surface area contributed by atoms with Crippen LogP contribution in [0.2, 0.25) is 29.6 Å². The average molecular weight is 1710 g/mol. The number of benzene rings is 2. The van der Waals surface area contributed by atoms with Gasteiger partial charge in [0.25, 0.3) is 0 Å². The smallest absolute Gasteiger partial charge is 0.555 e. The molecular weight excluding hydrogens is 1650 g/mol. The van der Waals surface area contributed by atoms with Gasteiger partial charge in [-0.1, -0.05) is 53.2 Å². The molecule has 0 bridgehead atoms. The predicted octanol–water partition coefficient (Wildman–Crippen LogP) is 14.1. The van der Waals surface area contributed by atoms with Gasteiger partial charge < -0.3 is 47.4 Å². The van der Waals surface area contributed by atoms with E-state index in [-0.39, 0.29) is 18.9 Å². The van der Waals surface area contributed by atoms with Gasteiger partial charge in [-0.05, 0) is 53.1 Å². The Balaban J connectivity index is 0.000000128. The largest absolute Gasteiger partial charge is 1.00 e. The van der Waals surface area contributed by atoms with E-state index in [1.54, 1.807) is 45.3 Å². The number of halogens is 3. The molecule has 0 aliphatic carbocycles. The summed E-state index contributed by atoms with van der Waals surface area (Å²) in [7, 11) is 0. The molecule has 87 heavy (non-hydrogen) atoms. The zero-order chi connectivity index (χ0) is 59.8. The van der Waals surface area contributed by atoms with Gasteiger partial charge in [-0.15, -0.1) is 50.7 Å². The van der Waals surface area contributed by atoms with Crippen LogP contribution < -0.4 is 91.0 Å². The maximum Gasteiger partial charge on any atom is 1.00 e. The van der Waals surface area contributed by atoms with Crippen molar-refractivity contribution in [3.8, 4) is 112 Å². The van der Waals surface area contributed by atoms with Crippen LogP contribution in [-0.2, 0) is 0 Å². The minimum absolute atomic E-state index is 0. The first-order valence-corrected chi connectivity index (χ1v) is 55.9. The van der Waals surface area contributed by atoms with E-state index < -0.39 is 36.8 Å². The van der Waals surface area contributed by atoms with Crippen molar-refractivity contribution < 1.29 is 85.2 Å². The second kappa shape index (κ2) is 31.2. The summed E-state index contributed by atoms with van der Waals surface area (Å²) < 4.78 is 84.8. The van der Waals surface area contributed by atoms with Crippen molar-refractivity contribution in [1.29, 1.82) is 0 Å². The zero-order valence-electron chi connectivity index (χ0n) is 48.7. The summed E-state index contributed by atoms with van der Waals surface area (Å²) >= 11 is 17.7. The summed E-state index contributed by atoms with van der Waals surface area (Å²) in [5, 5.41) is 19.0. The number of ether oxygens (including phenoxy) is 14. The molecule has 0 fully saturated rings. The van der Waals surface area contributed by atoms with Gasteiger partial charge >= 0.3 is 193 Å². The summed E-state index contributed by atoms with van der Waals surface area (Å²) in [5.41, 5.74) is 3.20. The van der Waals surface area contributed by atoms with Gasteiger partial charge in [0.2, 0.25) is 0 Å². The van der Waals surface area contributed by atoms with E-state index in [1.807, 2.05) is 73.2 Å². The van der Waals surface area contributed by atoms with Crippen LogP contribution in [0.4, 0.5) is 0 Å². The monoisotopic (exact) mass is 1710 g/mol. The molecule has 0 amide bonds. The summed E-state index contributed by atoms with van der Waals surface area (Å²) in [5.74, 6) is 12.3. The fraction of sp³-hybridized carbons (Fsp3) is 0.333. The van der Waals surface area contributed by atoms with Crippen LogP contribution in [0.3, 0.4) is 0 Å². The molecule has 7 aromatic heterocycles. The van der Waals surface area contributed by atoms with Crippen molar-refractivity contribution in [2.75, 3.05) is 92.5 Å². The predicted molar refractivity (Wildman–Crippen MR) is 365 cm³/mol. The number of fused-ring (bicyclic) bond motifs is 7. The molecule has 0 unspecified atom stereocenters. The first-order chi connectivity index (χ1) is 41.6. The number of thiophene rings is 7. The minimum Gasteiger partial charge on any atom is -0.555 e. The standard InChI is InChI=1S/C24H18O6S3.C6H3Br3.C6H6O2S.3C6H5O2S.6CH3.Li.2Sn/c1-4-28-19-16(25-1)10-31-22(19)13-7-14(23-20-17(11-32-23)26-2-5-29-20)9-15(8-13)24-21-18(12-33-24)27-3-6-30-21;7-4-1-5(8)3-6(9)2-4;4*1-2-8-6-4-9-3-5(6)7-1;;;;;;;;;/h7-12H,1-6H2;1-3H;3-4H,1-2H2;3*3H,1-2H2;6*1H3;;;/q;;;;;-1;;;;;;;+1;;. The first-order valence-electron chi connectivity index (χ1n) is 27.4. The maximum atomic E-state index is 5.99. The Labute approximate surface area is 579 Å². The third-order valence-electron chi connectivity index (χ3n) is 12.7. The van der Waals surface area contributed by atoms with E-state index in [9.17, 15) is 0 Å². The van der Waals surface area contributed by atoms with Crippen LogP contribution in [0.15, 0.2) is 92.9 Å². The van der Waals surface area contributed by atoms with E-state index in [4.69, 9.17) is 66.3 Å². The van der Waals surface area contributed by atoms with E-state index in [0.717, 1.165) is 125 Å². The second-order valence-electron chi connectivity index (χ2n) is 21.2. The molecule has 9 aromatic rings. The van der Waals surface area contributed by atoms with Crippen molar-refractivity contribution >= 4 is 170 Å². The molecule has 0 atom stereocenters. The van der Waals surface area contributed by atoms with Crippen molar-refractivity contribution in [3.63, 3.8) is 0 Å². The molecule has 7 aliphatic rings. The van der Waals surface area contributed by atoms with Crippen molar-refractivity contribution in [1.82, 2.24) is 0 Å². The van der Waals surface area contributed by atoms with E-state index >= 15 is 0 Å². The molecule has 7 aliphatic heterocycles. The third kappa shape index (κ3) is 17.1. The molecule has 0 saturated carbocycles. The SMILES string of the molecule is Brc1cc(Br)cc(Br)c1.[CH3][Sn]([CH3])([CH3])[c]1scc2c1OCCO2.[CH3][Sn]([CH3])([CH3])[c]1scc2c1OCCO2.[Li+].[c-]1scc2c1OCCO2.c1c(-c2scc3c2OCCO3)cc(-c2scc3c2OCCO3)cc1-c1scc2c1OCCO2.c1scc2c1OCCO2. The minimum atomic E-state index is -1.96. The van der Waals surface area contributed by atoms with Crippen LogP contribution >= 0.6 is 127 Å². The van der Waals surface area contributed by atoms with Crippen LogP contribution in [0.1, 0.15) is 0 Å². The molecule has 0 N–H and O–H groups in total. The Morgan fingerprint density at radius 2 is 0.609 bits per heavy atom. The summed E-state index contributed by atoms with van der Waals surface area (Å²) in [4.78, 5) is 17.6. The maximum absolute atomic E-state index is 5.99. The molecule has 14 heterocycles. The topological polar surface area (TPSA) is 129 Å². The van der Waals surface area contributed by atoms with Gasteiger partial charge in [-0.25, -0.2) is 0 Å². The Morgan fingerprint density at radius 1 is 0.322 bits per heavy atom. The zero-order valence-corrected chi connectivity index (χ0v) is 64.9. The third-order valence-corrected chi connectivity index (χ3v) is 39.2. The number of hydrogen-bond donors (Lipinski definition) is 0. The van der Waals surface area contributed by atoms with Crippen LogP contribution in [0.25, 0.3) is 31.3 Å². The van der Waals surface area contributed by atoms with Crippen molar-refractivity contribution in [3.05, 3.63) is 98.2 Å². The first kappa shape index (κ1) is 67.1. The van der Waals surface area contributed by atoms with Crippen LogP contribution in [-0.4, -0.2) is 129 Å². The summed E-state index contributed by atoms with van der Waals surface area (Å²) in [6.45, 7) is 8.88. The Bertz CT molecular complexity index is 3350. The second-order valence-corrected chi connectivity index (χ2v) is 60.4. The number of hydrogen-bond acceptors (Lipinski definition) is 21. The fourth-order valence-electron chi connectivity index (χ4n) is 9.01. The molecule has 16 rings (SSSR count). The van der Waals surface area contributed by atoms with Gasteiger partial charge in [0.15, 0.2) is 46.0 Å². The molecule has 456 valence electrons. The van der Waals surface area contributed by atoms with Gasteiger partial charge in [-0.2, -0.15) is 0 Å². The van der Waals surface area contributed by atoms with Crippen LogP contribution in [0, 0.1) is 5.38 Å². The van der Waals surface area contributed by atoms with Gasteiger partial charge in [0, 0.05) is 51.8 Å². The molecule has 0 saturated heterocycles. The fourth-order valence-corrected chi connectivity index (χ4v) is 29.6. The number of rotatable bonds is 5. The van der Waals surface area contributed by atoms with E-state index in [0.29, 0.717) is 92.5 Å². The van der Waals surface area contributed by atoms with E-state index in [2.05, 4.69) is 112 Å². The Morgan fingerprint density at radius 3 is 0.954 bits per heavy atom. The van der Waals surface area contributed by atoms with Gasteiger partial charge in [0.05, 0.1) is 14.6 Å². The van der Waals surface area contributed by atoms with Gasteiger partial charge in [-0.3, -0.25) is 11.3 Å². The molecule has 0 radical (unpaired) electrons. The molecule has 0 spiro atoms. The molecular formula is C60H60Br3LiO14S7Sn2. The van der Waals surface area contributed by atoms with Crippen LogP contribution in [0.5, 0.6) is 80.5 Å². The van der Waals surface area contributed by atoms with E-state index in [1.165, 1.54) is 17.1 Å². The quantitative estimate of drug-likeness (QED) is 0.120. The summed E-state index contributed by atoms with van der Waals surface area (Å²) in [6, 6.07) is 12.5. The molecule has 2 aromatic carbocycles.